The van der Waals surface area contributed by atoms with Gasteiger partial charge in [0.2, 0.25) is 5.91 Å². The maximum Gasteiger partial charge on any atom is 0.239 e. The summed E-state index contributed by atoms with van der Waals surface area (Å²) in [7, 11) is 2.05. The van der Waals surface area contributed by atoms with Crippen LogP contribution >= 0.6 is 24.8 Å². The molecule has 0 spiro atoms. The van der Waals surface area contributed by atoms with Gasteiger partial charge in [-0.15, -0.1) is 24.8 Å². The molecule has 7 heteroatoms. The molecule has 18 heavy (non-hydrogen) atoms. The molecule has 1 aliphatic rings. The van der Waals surface area contributed by atoms with E-state index in [1.54, 1.807) is 0 Å². The Bertz CT molecular complexity index is 224. The lowest BCUT2D eigenvalue weighted by atomic mass is 10.2. The highest BCUT2D eigenvalue weighted by Crippen LogP contribution is 1.94. The first-order valence-corrected chi connectivity index (χ1v) is 5.90. The van der Waals surface area contributed by atoms with E-state index in [1.165, 1.54) is 0 Å². The standard InChI is InChI=1S/C11H23N3O2.2ClH/c1-9(2)14(3)6-4-13-11(15)10-8-16-7-5-12-10;;/h9-10,12H,4-8H2,1-3H3,(H,13,15);2*1H. The van der Waals surface area contributed by atoms with Gasteiger partial charge in [-0.3, -0.25) is 4.79 Å². The minimum absolute atomic E-state index is 0. The molecular formula is C11H25Cl2N3O2. The minimum Gasteiger partial charge on any atom is -0.378 e. The summed E-state index contributed by atoms with van der Waals surface area (Å²) >= 11 is 0. The highest BCUT2D eigenvalue weighted by Gasteiger charge is 2.20. The summed E-state index contributed by atoms with van der Waals surface area (Å²) < 4.78 is 5.24. The van der Waals surface area contributed by atoms with Crippen LogP contribution in [0.3, 0.4) is 0 Å². The van der Waals surface area contributed by atoms with Gasteiger partial charge in [0.15, 0.2) is 0 Å². The second-order valence-electron chi connectivity index (χ2n) is 4.45. The quantitative estimate of drug-likeness (QED) is 0.766. The molecule has 0 aromatic heterocycles. The molecule has 1 fully saturated rings. The lowest BCUT2D eigenvalue weighted by Gasteiger charge is -2.24. The van der Waals surface area contributed by atoms with E-state index in [1.807, 2.05) is 0 Å². The first-order chi connectivity index (χ1) is 7.61. The monoisotopic (exact) mass is 301 g/mol. The number of carbonyl (C=O) groups excluding carboxylic acids is 1. The van der Waals surface area contributed by atoms with Crippen LogP contribution in [0, 0.1) is 0 Å². The summed E-state index contributed by atoms with van der Waals surface area (Å²) in [5.74, 6) is 0.0388. The molecule has 0 aromatic carbocycles. The molecule has 0 saturated carbocycles. The van der Waals surface area contributed by atoms with Crippen molar-refractivity contribution in [1.82, 2.24) is 15.5 Å². The Balaban J connectivity index is 0. The van der Waals surface area contributed by atoms with Gasteiger partial charge in [-0.25, -0.2) is 0 Å². The van der Waals surface area contributed by atoms with Crippen molar-refractivity contribution < 1.29 is 9.53 Å². The average Bonchev–Trinajstić information content (AvgIpc) is 2.29. The Morgan fingerprint density at radius 2 is 2.17 bits per heavy atom. The lowest BCUT2D eigenvalue weighted by molar-refractivity contribution is -0.125. The zero-order valence-electron chi connectivity index (χ0n) is 11.3. The van der Waals surface area contributed by atoms with E-state index in [4.69, 9.17) is 4.74 Å². The largest absolute Gasteiger partial charge is 0.378 e. The molecule has 1 aliphatic heterocycles. The van der Waals surface area contributed by atoms with Gasteiger partial charge in [0.25, 0.3) is 0 Å². The number of carbonyl (C=O) groups is 1. The van der Waals surface area contributed by atoms with Gasteiger partial charge in [0.1, 0.15) is 6.04 Å². The Morgan fingerprint density at radius 3 is 2.67 bits per heavy atom. The van der Waals surface area contributed by atoms with E-state index < -0.39 is 0 Å². The van der Waals surface area contributed by atoms with Crippen LogP contribution in [0.2, 0.25) is 0 Å². The third-order valence-corrected chi connectivity index (χ3v) is 2.88. The van der Waals surface area contributed by atoms with Gasteiger partial charge in [-0.2, -0.15) is 0 Å². The van der Waals surface area contributed by atoms with Gasteiger partial charge in [0, 0.05) is 25.7 Å². The Kier molecular flexibility index (Phi) is 12.2. The summed E-state index contributed by atoms with van der Waals surface area (Å²) in [6.45, 7) is 7.76. The number of halogens is 2. The van der Waals surface area contributed by atoms with E-state index in [0.29, 0.717) is 25.8 Å². The number of nitrogens with one attached hydrogen (secondary N) is 2. The highest BCUT2D eigenvalue weighted by molar-refractivity contribution is 5.85. The number of nitrogens with zero attached hydrogens (tertiary/aromatic N) is 1. The van der Waals surface area contributed by atoms with E-state index in [0.717, 1.165) is 13.1 Å². The fourth-order valence-corrected chi connectivity index (χ4v) is 1.47. The summed E-state index contributed by atoms with van der Waals surface area (Å²) in [5.41, 5.74) is 0. The van der Waals surface area contributed by atoms with Crippen molar-refractivity contribution in [3.63, 3.8) is 0 Å². The average molecular weight is 302 g/mol. The van der Waals surface area contributed by atoms with Crippen LogP contribution in [0.25, 0.3) is 0 Å². The van der Waals surface area contributed by atoms with Crippen molar-refractivity contribution in [3.8, 4) is 0 Å². The van der Waals surface area contributed by atoms with Crippen molar-refractivity contribution in [2.24, 2.45) is 0 Å². The number of hydrogen-bond acceptors (Lipinski definition) is 4. The lowest BCUT2D eigenvalue weighted by Crippen LogP contribution is -2.52. The fraction of sp³-hybridized carbons (Fsp3) is 0.909. The Labute approximate surface area is 122 Å². The highest BCUT2D eigenvalue weighted by atomic mass is 35.5. The van der Waals surface area contributed by atoms with Crippen molar-refractivity contribution in [1.29, 1.82) is 0 Å². The molecule has 1 rings (SSSR count). The van der Waals surface area contributed by atoms with Crippen molar-refractivity contribution >= 4 is 30.7 Å². The van der Waals surface area contributed by atoms with Gasteiger partial charge < -0.3 is 20.3 Å². The third-order valence-electron chi connectivity index (χ3n) is 2.88. The summed E-state index contributed by atoms with van der Waals surface area (Å²) in [5, 5.41) is 6.04. The van der Waals surface area contributed by atoms with Crippen LogP contribution in [-0.4, -0.2) is 62.8 Å². The topological polar surface area (TPSA) is 53.6 Å². The molecule has 0 aromatic rings. The number of likely N-dealkylation sites (N-methyl/N-ethyl adjacent to an activating group) is 1. The van der Waals surface area contributed by atoms with Crippen molar-refractivity contribution in [2.45, 2.75) is 25.9 Å². The second-order valence-corrected chi connectivity index (χ2v) is 4.45. The van der Waals surface area contributed by atoms with Gasteiger partial charge in [-0.1, -0.05) is 0 Å². The molecular weight excluding hydrogens is 277 g/mol. The molecule has 0 radical (unpaired) electrons. The molecule has 1 amide bonds. The van der Waals surface area contributed by atoms with E-state index in [2.05, 4.69) is 36.4 Å². The van der Waals surface area contributed by atoms with Crippen LogP contribution < -0.4 is 10.6 Å². The fourth-order valence-electron chi connectivity index (χ4n) is 1.47. The predicted octanol–water partition coefficient (Wildman–Crippen LogP) is 0.275. The van der Waals surface area contributed by atoms with Crippen molar-refractivity contribution in [3.05, 3.63) is 0 Å². The van der Waals surface area contributed by atoms with Crippen LogP contribution in [0.1, 0.15) is 13.8 Å². The van der Waals surface area contributed by atoms with E-state index in [9.17, 15) is 4.79 Å². The van der Waals surface area contributed by atoms with E-state index in [-0.39, 0.29) is 36.8 Å². The number of ether oxygens (including phenoxy) is 1. The zero-order valence-corrected chi connectivity index (χ0v) is 12.9. The molecule has 5 nitrogen and oxygen atoms in total. The number of amides is 1. The molecule has 0 aliphatic carbocycles. The van der Waals surface area contributed by atoms with Crippen molar-refractivity contribution in [2.75, 3.05) is 39.9 Å². The Hall–Kier alpha value is -0.0700. The second kappa shape index (κ2) is 10.8. The van der Waals surface area contributed by atoms with Crippen LogP contribution in [-0.2, 0) is 9.53 Å². The molecule has 1 heterocycles. The number of hydrogen-bond donors (Lipinski definition) is 2. The molecule has 2 N–H and O–H groups in total. The first-order valence-electron chi connectivity index (χ1n) is 5.90. The number of rotatable bonds is 5. The minimum atomic E-state index is -0.182. The zero-order chi connectivity index (χ0) is 12.0. The molecule has 1 saturated heterocycles. The molecule has 1 atom stereocenters. The van der Waals surface area contributed by atoms with E-state index >= 15 is 0 Å². The molecule has 0 bridgehead atoms. The normalized spacial score (nSPS) is 19.1. The summed E-state index contributed by atoms with van der Waals surface area (Å²) in [6, 6.07) is 0.325. The summed E-state index contributed by atoms with van der Waals surface area (Å²) in [4.78, 5) is 13.9. The maximum atomic E-state index is 11.7. The summed E-state index contributed by atoms with van der Waals surface area (Å²) in [6.07, 6.45) is 0. The number of morpholine rings is 1. The van der Waals surface area contributed by atoms with Crippen LogP contribution in [0.4, 0.5) is 0 Å². The Morgan fingerprint density at radius 1 is 1.50 bits per heavy atom. The van der Waals surface area contributed by atoms with Gasteiger partial charge >= 0.3 is 0 Å². The van der Waals surface area contributed by atoms with Gasteiger partial charge in [-0.05, 0) is 20.9 Å². The van der Waals surface area contributed by atoms with Crippen LogP contribution in [0.5, 0.6) is 0 Å². The predicted molar refractivity (Wildman–Crippen MR) is 77.9 cm³/mol. The maximum absolute atomic E-state index is 11.7. The van der Waals surface area contributed by atoms with Gasteiger partial charge in [0.05, 0.1) is 13.2 Å². The molecule has 1 unspecified atom stereocenters. The first kappa shape index (κ1) is 20.3. The molecule has 110 valence electrons. The SMILES string of the molecule is CC(C)N(C)CCNC(=O)C1COCCN1.Cl.Cl. The van der Waals surface area contributed by atoms with Crippen LogP contribution in [0.15, 0.2) is 0 Å². The third kappa shape index (κ3) is 7.38. The smallest absolute Gasteiger partial charge is 0.239 e.